The van der Waals surface area contributed by atoms with Gasteiger partial charge in [-0.3, -0.25) is 4.79 Å². The fourth-order valence-electron chi connectivity index (χ4n) is 3.43. The zero-order valence-electron chi connectivity index (χ0n) is 12.5. The van der Waals surface area contributed by atoms with Gasteiger partial charge in [-0.1, -0.05) is 13.8 Å². The van der Waals surface area contributed by atoms with Crippen molar-refractivity contribution in [2.24, 2.45) is 17.3 Å². The summed E-state index contributed by atoms with van der Waals surface area (Å²) in [6, 6.07) is 0. The molecule has 1 heterocycles. The summed E-state index contributed by atoms with van der Waals surface area (Å²) in [7, 11) is 0. The van der Waals surface area contributed by atoms with Crippen LogP contribution in [0.3, 0.4) is 0 Å². The number of Topliss-reactive ketones (excluding diaryl/α,β-unsaturated/α-hetero) is 1. The number of ketones is 1. The van der Waals surface area contributed by atoms with Gasteiger partial charge in [0.2, 0.25) is 0 Å². The lowest BCUT2D eigenvalue weighted by atomic mass is 9.74. The van der Waals surface area contributed by atoms with Crippen LogP contribution < -0.4 is 5.32 Å². The quantitative estimate of drug-likeness (QED) is 0.832. The fraction of sp³-hybridized carbons (Fsp3) is 0.938. The third-order valence-corrected chi connectivity index (χ3v) is 5.00. The largest absolute Gasteiger partial charge is 0.381 e. The van der Waals surface area contributed by atoms with E-state index in [0.717, 1.165) is 57.9 Å². The van der Waals surface area contributed by atoms with Gasteiger partial charge in [0, 0.05) is 32.6 Å². The van der Waals surface area contributed by atoms with Gasteiger partial charge >= 0.3 is 0 Å². The summed E-state index contributed by atoms with van der Waals surface area (Å²) in [5.41, 5.74) is 0.355. The maximum absolute atomic E-state index is 11.2. The molecule has 0 bridgehead atoms. The monoisotopic (exact) mass is 267 g/mol. The molecule has 1 saturated carbocycles. The van der Waals surface area contributed by atoms with Crippen LogP contribution >= 0.6 is 0 Å². The van der Waals surface area contributed by atoms with Crippen molar-refractivity contribution in [2.75, 3.05) is 26.3 Å². The highest BCUT2D eigenvalue weighted by Gasteiger charge is 2.30. The normalized spacial score (nSPS) is 23.8. The molecular formula is C16H29NO2. The average molecular weight is 267 g/mol. The first-order valence-corrected chi connectivity index (χ1v) is 7.88. The fourth-order valence-corrected chi connectivity index (χ4v) is 3.43. The zero-order chi connectivity index (χ0) is 13.7. The second-order valence-corrected chi connectivity index (χ2v) is 6.99. The third kappa shape index (κ3) is 4.57. The van der Waals surface area contributed by atoms with Gasteiger partial charge in [0.05, 0.1) is 0 Å². The Labute approximate surface area is 117 Å². The van der Waals surface area contributed by atoms with E-state index in [1.54, 1.807) is 0 Å². The predicted octanol–water partition coefficient (Wildman–Crippen LogP) is 2.79. The van der Waals surface area contributed by atoms with E-state index >= 15 is 0 Å². The molecule has 1 aliphatic carbocycles. The molecule has 0 atom stereocenters. The average Bonchev–Trinajstić information content (AvgIpc) is 2.42. The van der Waals surface area contributed by atoms with Crippen LogP contribution in [0.15, 0.2) is 0 Å². The van der Waals surface area contributed by atoms with E-state index in [1.807, 2.05) is 0 Å². The molecule has 0 radical (unpaired) electrons. The van der Waals surface area contributed by atoms with Crippen LogP contribution in [-0.2, 0) is 9.53 Å². The molecule has 0 unspecified atom stereocenters. The second-order valence-electron chi connectivity index (χ2n) is 6.99. The van der Waals surface area contributed by atoms with Crippen LogP contribution in [0.5, 0.6) is 0 Å². The Balaban J connectivity index is 1.67. The summed E-state index contributed by atoms with van der Waals surface area (Å²) in [6.45, 7) is 8.78. The Morgan fingerprint density at radius 1 is 1.16 bits per heavy atom. The van der Waals surface area contributed by atoms with Gasteiger partial charge in [0.25, 0.3) is 0 Å². The molecule has 19 heavy (non-hydrogen) atoms. The highest BCUT2D eigenvalue weighted by Crippen LogP contribution is 2.33. The Bertz CT molecular complexity index is 285. The molecule has 1 N–H and O–H groups in total. The van der Waals surface area contributed by atoms with Crippen LogP contribution in [0.4, 0.5) is 0 Å². The molecule has 0 aromatic rings. The van der Waals surface area contributed by atoms with Crippen LogP contribution in [0.1, 0.15) is 52.4 Å². The molecule has 0 spiro atoms. The van der Waals surface area contributed by atoms with E-state index < -0.39 is 0 Å². The maximum atomic E-state index is 11.2. The van der Waals surface area contributed by atoms with Crippen molar-refractivity contribution in [3.05, 3.63) is 0 Å². The van der Waals surface area contributed by atoms with Crippen molar-refractivity contribution in [3.8, 4) is 0 Å². The van der Waals surface area contributed by atoms with E-state index in [4.69, 9.17) is 4.74 Å². The maximum Gasteiger partial charge on any atom is 0.132 e. The van der Waals surface area contributed by atoms with Gasteiger partial charge in [0.1, 0.15) is 5.78 Å². The van der Waals surface area contributed by atoms with E-state index in [-0.39, 0.29) is 0 Å². The van der Waals surface area contributed by atoms with Gasteiger partial charge in [-0.25, -0.2) is 0 Å². The molecule has 1 aliphatic heterocycles. The predicted molar refractivity (Wildman–Crippen MR) is 77.2 cm³/mol. The highest BCUT2D eigenvalue weighted by molar-refractivity contribution is 5.79. The Kier molecular flexibility index (Phi) is 5.40. The van der Waals surface area contributed by atoms with Crippen LogP contribution in [-0.4, -0.2) is 32.1 Å². The smallest absolute Gasteiger partial charge is 0.132 e. The molecule has 0 amide bonds. The molecular weight excluding hydrogens is 238 g/mol. The molecule has 3 heteroatoms. The van der Waals surface area contributed by atoms with Crippen molar-refractivity contribution in [1.82, 2.24) is 5.32 Å². The Morgan fingerprint density at radius 2 is 1.79 bits per heavy atom. The minimum Gasteiger partial charge on any atom is -0.381 e. The highest BCUT2D eigenvalue weighted by atomic mass is 16.5. The second kappa shape index (κ2) is 6.85. The first kappa shape index (κ1) is 15.0. The summed E-state index contributed by atoms with van der Waals surface area (Å²) >= 11 is 0. The molecule has 1 saturated heterocycles. The minimum atomic E-state index is 0.355. The van der Waals surface area contributed by atoms with Crippen LogP contribution in [0.25, 0.3) is 0 Å². The number of hydrogen-bond acceptors (Lipinski definition) is 3. The van der Waals surface area contributed by atoms with E-state index in [9.17, 15) is 4.79 Å². The van der Waals surface area contributed by atoms with Gasteiger partial charge in [-0.15, -0.1) is 0 Å². The number of ether oxygens (including phenoxy) is 1. The zero-order valence-corrected chi connectivity index (χ0v) is 12.5. The van der Waals surface area contributed by atoms with Gasteiger partial charge in [-0.2, -0.15) is 0 Å². The summed E-state index contributed by atoms with van der Waals surface area (Å²) in [4.78, 5) is 11.2. The SMILES string of the molecule is CC(C)(CNCC1CCC(=O)CC1)C1CCOCC1. The summed E-state index contributed by atoms with van der Waals surface area (Å²) < 4.78 is 5.45. The van der Waals surface area contributed by atoms with Crippen molar-refractivity contribution >= 4 is 5.78 Å². The molecule has 0 aromatic carbocycles. The van der Waals surface area contributed by atoms with Gasteiger partial charge in [0.15, 0.2) is 0 Å². The minimum absolute atomic E-state index is 0.355. The lowest BCUT2D eigenvalue weighted by Gasteiger charge is -2.37. The van der Waals surface area contributed by atoms with Crippen molar-refractivity contribution in [3.63, 3.8) is 0 Å². The molecule has 2 rings (SSSR count). The molecule has 110 valence electrons. The van der Waals surface area contributed by atoms with Gasteiger partial charge in [-0.05, 0) is 49.5 Å². The van der Waals surface area contributed by atoms with Crippen LogP contribution in [0.2, 0.25) is 0 Å². The Hall–Kier alpha value is -0.410. The lowest BCUT2D eigenvalue weighted by molar-refractivity contribution is -0.120. The first-order chi connectivity index (χ1) is 9.08. The molecule has 2 aliphatic rings. The molecule has 2 fully saturated rings. The number of carbonyl (C=O) groups is 1. The van der Waals surface area contributed by atoms with E-state index in [2.05, 4.69) is 19.2 Å². The number of rotatable bonds is 5. The lowest BCUT2D eigenvalue weighted by Crippen LogP contribution is -2.40. The first-order valence-electron chi connectivity index (χ1n) is 7.88. The summed E-state index contributed by atoms with van der Waals surface area (Å²) in [5, 5.41) is 3.66. The van der Waals surface area contributed by atoms with Crippen molar-refractivity contribution in [1.29, 1.82) is 0 Å². The molecule has 3 nitrogen and oxygen atoms in total. The third-order valence-electron chi connectivity index (χ3n) is 5.00. The van der Waals surface area contributed by atoms with Crippen molar-refractivity contribution < 1.29 is 9.53 Å². The van der Waals surface area contributed by atoms with Crippen LogP contribution in [0, 0.1) is 17.3 Å². The summed E-state index contributed by atoms with van der Waals surface area (Å²) in [6.07, 6.45) is 6.18. The topological polar surface area (TPSA) is 38.3 Å². The standard InChI is InChI=1S/C16H29NO2/c1-16(2,14-7-9-19-10-8-14)12-17-11-13-3-5-15(18)6-4-13/h13-14,17H,3-12H2,1-2H3. The molecule has 0 aromatic heterocycles. The van der Waals surface area contributed by atoms with Crippen molar-refractivity contribution in [2.45, 2.75) is 52.4 Å². The van der Waals surface area contributed by atoms with E-state index in [0.29, 0.717) is 17.1 Å². The number of carbonyl (C=O) groups excluding carboxylic acids is 1. The Morgan fingerprint density at radius 3 is 2.42 bits per heavy atom. The summed E-state index contributed by atoms with van der Waals surface area (Å²) in [5.74, 6) is 1.95. The van der Waals surface area contributed by atoms with E-state index in [1.165, 1.54) is 12.8 Å². The number of hydrogen-bond donors (Lipinski definition) is 1. The number of nitrogens with one attached hydrogen (secondary N) is 1. The van der Waals surface area contributed by atoms with Gasteiger partial charge < -0.3 is 10.1 Å².